The molecule has 17 heavy (non-hydrogen) atoms. The highest BCUT2D eigenvalue weighted by Gasteiger charge is 2.17. The van der Waals surface area contributed by atoms with Gasteiger partial charge in [0.05, 0.1) is 28.3 Å². The van der Waals surface area contributed by atoms with Gasteiger partial charge in [-0.15, -0.1) is 0 Å². The lowest BCUT2D eigenvalue weighted by molar-refractivity contribution is 0.102. The van der Waals surface area contributed by atoms with Crippen molar-refractivity contribution < 1.29 is 14.3 Å². The van der Waals surface area contributed by atoms with Crippen molar-refractivity contribution in [3.8, 4) is 5.88 Å². The Kier molecular flexibility index (Phi) is 3.38. The van der Waals surface area contributed by atoms with E-state index in [2.05, 4.69) is 16.1 Å². The van der Waals surface area contributed by atoms with E-state index in [4.69, 9.17) is 9.47 Å². The van der Waals surface area contributed by atoms with Crippen molar-refractivity contribution in [1.82, 2.24) is 3.59 Å². The zero-order valence-corrected chi connectivity index (χ0v) is 11.2. The first-order chi connectivity index (χ1) is 8.15. The molecule has 0 atom stereocenters. The summed E-state index contributed by atoms with van der Waals surface area (Å²) in [5.41, 5.74) is 1.84. The third kappa shape index (κ3) is 2.15. The lowest BCUT2D eigenvalue weighted by Crippen LogP contribution is -2.11. The third-order valence-electron chi connectivity index (χ3n) is 2.46. The van der Waals surface area contributed by atoms with Gasteiger partial charge in [0.15, 0.2) is 0 Å². The van der Waals surface area contributed by atoms with Gasteiger partial charge < -0.3 is 9.47 Å². The molecule has 1 aromatic heterocycles. The number of fused-ring (bicyclic) bond motifs is 1. The van der Waals surface area contributed by atoms with Crippen molar-refractivity contribution in [2.45, 2.75) is 13.8 Å². The summed E-state index contributed by atoms with van der Waals surface area (Å²) in [6.45, 7) is 3.92. The summed E-state index contributed by atoms with van der Waals surface area (Å²) in [6, 6.07) is 7.78. The summed E-state index contributed by atoms with van der Waals surface area (Å²) in [5, 5.41) is 1.03. The SMILES string of the molecule is CCOC(=O)Oc1c(C)c2ccccc2n1Br. The molecule has 0 saturated heterocycles. The van der Waals surface area contributed by atoms with Gasteiger partial charge in [0, 0.05) is 10.9 Å². The average Bonchev–Trinajstić information content (AvgIpc) is 2.56. The van der Waals surface area contributed by atoms with E-state index in [1.165, 1.54) is 0 Å². The van der Waals surface area contributed by atoms with Crippen LogP contribution < -0.4 is 4.74 Å². The van der Waals surface area contributed by atoms with Crippen LogP contribution in [0.5, 0.6) is 5.88 Å². The van der Waals surface area contributed by atoms with Crippen LogP contribution in [0.3, 0.4) is 0 Å². The Morgan fingerprint density at radius 1 is 1.41 bits per heavy atom. The molecule has 5 heteroatoms. The van der Waals surface area contributed by atoms with Gasteiger partial charge in [-0.2, -0.15) is 0 Å². The maximum Gasteiger partial charge on any atom is 0.515 e. The van der Waals surface area contributed by atoms with Crippen LogP contribution in [0.1, 0.15) is 12.5 Å². The first-order valence-corrected chi connectivity index (χ1v) is 5.97. The van der Waals surface area contributed by atoms with Gasteiger partial charge >= 0.3 is 6.16 Å². The molecule has 1 aromatic carbocycles. The van der Waals surface area contributed by atoms with Crippen molar-refractivity contribution in [3.05, 3.63) is 29.8 Å². The first kappa shape index (κ1) is 12.0. The van der Waals surface area contributed by atoms with Gasteiger partial charge in [-0.3, -0.25) is 0 Å². The highest BCUT2D eigenvalue weighted by molar-refractivity contribution is 9.08. The van der Waals surface area contributed by atoms with Crippen LogP contribution >= 0.6 is 16.1 Å². The highest BCUT2D eigenvalue weighted by Crippen LogP contribution is 2.33. The zero-order chi connectivity index (χ0) is 12.4. The second-order valence-electron chi connectivity index (χ2n) is 3.51. The first-order valence-electron chi connectivity index (χ1n) is 5.26. The fourth-order valence-corrected chi connectivity index (χ4v) is 2.32. The van der Waals surface area contributed by atoms with Crippen LogP contribution in [0, 0.1) is 6.92 Å². The van der Waals surface area contributed by atoms with Crippen LogP contribution in [0.4, 0.5) is 4.79 Å². The Balaban J connectivity index is 2.44. The zero-order valence-electron chi connectivity index (χ0n) is 9.57. The molecule has 90 valence electrons. The number of carbonyl (C=O) groups is 1. The van der Waals surface area contributed by atoms with Gasteiger partial charge in [0.1, 0.15) is 0 Å². The fourth-order valence-electron chi connectivity index (χ4n) is 1.68. The van der Waals surface area contributed by atoms with E-state index in [1.807, 2.05) is 31.2 Å². The number of nitrogens with zero attached hydrogens (tertiary/aromatic N) is 1. The van der Waals surface area contributed by atoms with E-state index in [0.717, 1.165) is 16.5 Å². The monoisotopic (exact) mass is 297 g/mol. The minimum atomic E-state index is -0.695. The average molecular weight is 298 g/mol. The van der Waals surface area contributed by atoms with Gasteiger partial charge in [0.2, 0.25) is 5.88 Å². The summed E-state index contributed by atoms with van der Waals surface area (Å²) in [5.74, 6) is 0.449. The number of aromatic nitrogens is 1. The summed E-state index contributed by atoms with van der Waals surface area (Å²) in [6.07, 6.45) is -0.695. The van der Waals surface area contributed by atoms with E-state index >= 15 is 0 Å². The van der Waals surface area contributed by atoms with Gasteiger partial charge in [-0.25, -0.2) is 8.39 Å². The molecule has 0 amide bonds. The normalized spacial score (nSPS) is 10.5. The smallest absolute Gasteiger partial charge is 0.434 e. The van der Waals surface area contributed by atoms with E-state index in [9.17, 15) is 4.79 Å². The molecular weight excluding hydrogens is 286 g/mol. The molecule has 0 aliphatic heterocycles. The molecule has 0 radical (unpaired) electrons. The van der Waals surface area contributed by atoms with Crippen molar-refractivity contribution in [1.29, 1.82) is 0 Å². The maximum atomic E-state index is 11.3. The quantitative estimate of drug-likeness (QED) is 0.795. The predicted octanol–water partition coefficient (Wildman–Crippen LogP) is 3.64. The molecule has 0 bridgehead atoms. The van der Waals surface area contributed by atoms with Crippen LogP contribution in [0.25, 0.3) is 10.9 Å². The number of para-hydroxylation sites is 1. The summed E-state index contributed by atoms with van der Waals surface area (Å²) < 4.78 is 11.6. The molecular formula is C12H12BrNO3. The molecule has 0 unspecified atom stereocenters. The van der Waals surface area contributed by atoms with Crippen molar-refractivity contribution in [2.24, 2.45) is 0 Å². The van der Waals surface area contributed by atoms with Crippen LogP contribution in [-0.4, -0.2) is 16.4 Å². The molecule has 0 fully saturated rings. The molecule has 4 nitrogen and oxygen atoms in total. The fraction of sp³-hybridized carbons (Fsp3) is 0.250. The minimum Gasteiger partial charge on any atom is -0.434 e. The number of ether oxygens (including phenoxy) is 2. The van der Waals surface area contributed by atoms with Crippen molar-refractivity contribution in [3.63, 3.8) is 0 Å². The van der Waals surface area contributed by atoms with Crippen molar-refractivity contribution in [2.75, 3.05) is 6.61 Å². The summed E-state index contributed by atoms with van der Waals surface area (Å²) in [4.78, 5) is 11.3. The largest absolute Gasteiger partial charge is 0.515 e. The molecule has 0 aliphatic carbocycles. The molecule has 0 aliphatic rings. The number of hydrogen-bond donors (Lipinski definition) is 0. The molecule has 0 saturated carbocycles. The second-order valence-corrected chi connectivity index (χ2v) is 4.22. The predicted molar refractivity (Wildman–Crippen MR) is 68.7 cm³/mol. The molecule has 1 heterocycles. The Morgan fingerprint density at radius 2 is 2.12 bits per heavy atom. The van der Waals surface area contributed by atoms with Crippen LogP contribution in [0.2, 0.25) is 0 Å². The summed E-state index contributed by atoms with van der Waals surface area (Å²) >= 11 is 3.37. The Hall–Kier alpha value is -1.49. The Morgan fingerprint density at radius 3 is 2.76 bits per heavy atom. The number of hydrogen-bond acceptors (Lipinski definition) is 3. The lowest BCUT2D eigenvalue weighted by atomic mass is 10.2. The van der Waals surface area contributed by atoms with E-state index in [0.29, 0.717) is 12.5 Å². The van der Waals surface area contributed by atoms with Gasteiger partial charge in [0.25, 0.3) is 0 Å². The van der Waals surface area contributed by atoms with E-state index in [1.54, 1.807) is 10.5 Å². The topological polar surface area (TPSA) is 40.5 Å². The number of aryl methyl sites for hydroxylation is 1. The third-order valence-corrected chi connectivity index (χ3v) is 3.17. The van der Waals surface area contributed by atoms with Crippen LogP contribution in [0.15, 0.2) is 24.3 Å². The second kappa shape index (κ2) is 4.79. The van der Waals surface area contributed by atoms with Crippen molar-refractivity contribution >= 4 is 33.2 Å². The number of carbonyl (C=O) groups excluding carboxylic acids is 1. The molecule has 0 N–H and O–H groups in total. The molecule has 0 spiro atoms. The molecule has 2 rings (SSSR count). The number of benzene rings is 1. The number of halogens is 1. The highest BCUT2D eigenvalue weighted by atomic mass is 79.9. The number of rotatable bonds is 2. The summed E-state index contributed by atoms with van der Waals surface area (Å²) in [7, 11) is 0. The van der Waals surface area contributed by atoms with Gasteiger partial charge in [-0.05, 0) is 19.9 Å². The van der Waals surface area contributed by atoms with Crippen LogP contribution in [-0.2, 0) is 4.74 Å². The van der Waals surface area contributed by atoms with E-state index in [-0.39, 0.29) is 0 Å². The maximum absolute atomic E-state index is 11.3. The minimum absolute atomic E-state index is 0.292. The Labute approximate surface area is 107 Å². The lowest BCUT2D eigenvalue weighted by Gasteiger charge is -2.04. The van der Waals surface area contributed by atoms with Gasteiger partial charge in [-0.1, -0.05) is 18.2 Å². The Bertz CT molecular complexity index is 523. The molecule has 2 aromatic rings. The van der Waals surface area contributed by atoms with E-state index < -0.39 is 6.16 Å². The standard InChI is InChI=1S/C12H12BrNO3/c1-3-16-12(15)17-11-8(2)9-6-4-5-7-10(9)14(11)13/h4-7H,3H2,1-2H3.